The van der Waals surface area contributed by atoms with Gasteiger partial charge in [-0.15, -0.1) is 0 Å². The Morgan fingerprint density at radius 2 is 1.12 bits per heavy atom. The number of anilines is 3. The Morgan fingerprint density at radius 3 is 1.68 bits per heavy atom. The first-order valence-electron chi connectivity index (χ1n) is 7.95. The lowest BCUT2D eigenvalue weighted by Crippen LogP contribution is -2.11. The minimum absolute atomic E-state index is 0.0392. The number of aryl methyl sites for hydroxylation is 2. The van der Waals surface area contributed by atoms with Gasteiger partial charge in [-0.1, -0.05) is 23.8 Å². The summed E-state index contributed by atoms with van der Waals surface area (Å²) in [6.45, 7) is 5.00. The van der Waals surface area contributed by atoms with Crippen LogP contribution < -0.4 is 4.90 Å². The summed E-state index contributed by atoms with van der Waals surface area (Å²) < 4.78 is 42.3. The fourth-order valence-electron chi connectivity index (χ4n) is 2.62. The summed E-state index contributed by atoms with van der Waals surface area (Å²) in [5.74, 6) is -1.65. The van der Waals surface area contributed by atoms with Gasteiger partial charge in [-0.3, -0.25) is 0 Å². The first-order valence-corrected chi connectivity index (χ1v) is 7.95. The number of rotatable bonds is 3. The summed E-state index contributed by atoms with van der Waals surface area (Å²) in [6, 6.07) is 14.7. The molecule has 25 heavy (non-hydrogen) atoms. The summed E-state index contributed by atoms with van der Waals surface area (Å²) in [5.41, 5.74) is 3.01. The maximum absolute atomic E-state index is 14.1. The van der Waals surface area contributed by atoms with Crippen LogP contribution in [-0.4, -0.2) is 0 Å². The van der Waals surface area contributed by atoms with Crippen LogP contribution in [0.5, 0.6) is 0 Å². The molecule has 0 aliphatic carbocycles. The number of hydrogen-bond donors (Lipinski definition) is 0. The third-order valence-corrected chi connectivity index (χ3v) is 4.23. The molecule has 1 nitrogen and oxygen atoms in total. The molecule has 0 fully saturated rings. The normalized spacial score (nSPS) is 10.8. The van der Waals surface area contributed by atoms with Gasteiger partial charge in [0.05, 0.1) is 5.69 Å². The second-order valence-electron chi connectivity index (χ2n) is 6.14. The highest BCUT2D eigenvalue weighted by Crippen LogP contribution is 2.36. The standard InChI is InChI=1S/C21H18F3N/c1-13-4-7-16(8-5-13)25(17-9-6-14(2)19(22)10-17)18-11-20(23)15(3)21(24)12-18/h4-12H,1-3H3. The van der Waals surface area contributed by atoms with Gasteiger partial charge in [0.2, 0.25) is 0 Å². The molecule has 0 spiro atoms. The Labute approximate surface area is 145 Å². The van der Waals surface area contributed by atoms with Crippen LogP contribution in [0.3, 0.4) is 0 Å². The number of benzene rings is 3. The molecule has 3 aromatic rings. The zero-order valence-corrected chi connectivity index (χ0v) is 14.3. The predicted molar refractivity (Wildman–Crippen MR) is 95.2 cm³/mol. The van der Waals surface area contributed by atoms with Gasteiger partial charge in [0.15, 0.2) is 0 Å². The highest BCUT2D eigenvalue weighted by Gasteiger charge is 2.17. The van der Waals surface area contributed by atoms with E-state index < -0.39 is 11.6 Å². The van der Waals surface area contributed by atoms with Crippen LogP contribution in [0.2, 0.25) is 0 Å². The molecule has 0 N–H and O–H groups in total. The van der Waals surface area contributed by atoms with Crippen LogP contribution in [0.1, 0.15) is 16.7 Å². The first-order chi connectivity index (χ1) is 11.9. The largest absolute Gasteiger partial charge is 0.310 e. The maximum atomic E-state index is 14.1. The van der Waals surface area contributed by atoms with Gasteiger partial charge in [0.25, 0.3) is 0 Å². The van der Waals surface area contributed by atoms with E-state index in [9.17, 15) is 13.2 Å². The second-order valence-corrected chi connectivity index (χ2v) is 6.14. The van der Waals surface area contributed by atoms with Gasteiger partial charge in [-0.25, -0.2) is 13.2 Å². The number of hydrogen-bond acceptors (Lipinski definition) is 1. The average molecular weight is 341 g/mol. The van der Waals surface area contributed by atoms with Crippen LogP contribution in [-0.2, 0) is 0 Å². The number of nitrogens with zero attached hydrogens (tertiary/aromatic N) is 1. The fourth-order valence-corrected chi connectivity index (χ4v) is 2.62. The molecule has 0 aliphatic rings. The van der Waals surface area contributed by atoms with Crippen molar-refractivity contribution in [3.8, 4) is 0 Å². The van der Waals surface area contributed by atoms with E-state index >= 15 is 0 Å². The molecule has 0 unspecified atom stereocenters. The van der Waals surface area contributed by atoms with E-state index in [0.29, 0.717) is 22.6 Å². The van der Waals surface area contributed by atoms with Gasteiger partial charge in [-0.05, 0) is 62.7 Å². The van der Waals surface area contributed by atoms with Crippen molar-refractivity contribution < 1.29 is 13.2 Å². The van der Waals surface area contributed by atoms with E-state index in [1.165, 1.54) is 25.1 Å². The van der Waals surface area contributed by atoms with Crippen molar-refractivity contribution in [2.45, 2.75) is 20.8 Å². The molecule has 3 aromatic carbocycles. The lowest BCUT2D eigenvalue weighted by atomic mass is 10.1. The van der Waals surface area contributed by atoms with E-state index in [1.54, 1.807) is 24.0 Å². The van der Waals surface area contributed by atoms with Crippen molar-refractivity contribution in [1.82, 2.24) is 0 Å². The zero-order valence-electron chi connectivity index (χ0n) is 14.3. The molecule has 0 aliphatic heterocycles. The smallest absolute Gasteiger partial charge is 0.131 e. The molecule has 3 rings (SSSR count). The molecule has 0 saturated heterocycles. The van der Waals surface area contributed by atoms with Crippen LogP contribution >= 0.6 is 0 Å². The van der Waals surface area contributed by atoms with Gasteiger partial charge in [-0.2, -0.15) is 0 Å². The minimum atomic E-state index is -0.639. The van der Waals surface area contributed by atoms with E-state index in [-0.39, 0.29) is 11.4 Å². The van der Waals surface area contributed by atoms with Crippen molar-refractivity contribution >= 4 is 17.1 Å². The van der Waals surface area contributed by atoms with E-state index in [4.69, 9.17) is 0 Å². The molecule has 0 radical (unpaired) electrons. The average Bonchev–Trinajstić information content (AvgIpc) is 2.58. The Bertz CT molecular complexity index is 894. The topological polar surface area (TPSA) is 3.24 Å². The van der Waals surface area contributed by atoms with Crippen molar-refractivity contribution in [3.05, 3.63) is 88.7 Å². The highest BCUT2D eigenvalue weighted by molar-refractivity contribution is 5.77. The Balaban J connectivity index is 2.21. The molecule has 0 heterocycles. The Hall–Kier alpha value is -2.75. The second kappa shape index (κ2) is 6.63. The lowest BCUT2D eigenvalue weighted by Gasteiger charge is -2.26. The van der Waals surface area contributed by atoms with E-state index in [1.807, 2.05) is 31.2 Å². The molecule has 0 amide bonds. The van der Waals surface area contributed by atoms with Gasteiger partial charge in [0.1, 0.15) is 17.5 Å². The summed E-state index contributed by atoms with van der Waals surface area (Å²) in [4.78, 5) is 1.63. The predicted octanol–water partition coefficient (Wildman–Crippen LogP) is 6.50. The van der Waals surface area contributed by atoms with Crippen molar-refractivity contribution in [2.24, 2.45) is 0 Å². The van der Waals surface area contributed by atoms with E-state index in [2.05, 4.69) is 0 Å². The summed E-state index contributed by atoms with van der Waals surface area (Å²) in [7, 11) is 0. The Kier molecular flexibility index (Phi) is 4.53. The monoisotopic (exact) mass is 341 g/mol. The van der Waals surface area contributed by atoms with Gasteiger partial charge < -0.3 is 4.90 Å². The third kappa shape index (κ3) is 3.38. The summed E-state index contributed by atoms with van der Waals surface area (Å²) in [6.07, 6.45) is 0. The first kappa shape index (κ1) is 17.1. The SMILES string of the molecule is Cc1ccc(N(c2ccc(C)c(F)c2)c2cc(F)c(C)c(F)c2)cc1. The Morgan fingerprint density at radius 1 is 0.600 bits per heavy atom. The summed E-state index contributed by atoms with van der Waals surface area (Å²) in [5, 5.41) is 0. The molecular formula is C21H18F3N. The quantitative estimate of drug-likeness (QED) is 0.525. The third-order valence-electron chi connectivity index (χ3n) is 4.23. The van der Waals surface area contributed by atoms with Crippen molar-refractivity contribution in [1.29, 1.82) is 0 Å². The molecule has 0 bridgehead atoms. The van der Waals surface area contributed by atoms with Crippen LogP contribution in [0.4, 0.5) is 30.2 Å². The van der Waals surface area contributed by atoms with Crippen LogP contribution in [0.15, 0.2) is 54.6 Å². The maximum Gasteiger partial charge on any atom is 0.131 e. The molecule has 0 saturated carbocycles. The molecule has 0 aromatic heterocycles. The zero-order chi connectivity index (χ0) is 18.1. The fraction of sp³-hybridized carbons (Fsp3) is 0.143. The molecule has 0 atom stereocenters. The van der Waals surface area contributed by atoms with Gasteiger partial charge in [0, 0.05) is 16.9 Å². The lowest BCUT2D eigenvalue weighted by molar-refractivity contribution is 0.568. The van der Waals surface area contributed by atoms with Crippen molar-refractivity contribution in [3.63, 3.8) is 0 Å². The van der Waals surface area contributed by atoms with Gasteiger partial charge >= 0.3 is 0 Å². The molecular weight excluding hydrogens is 323 g/mol. The van der Waals surface area contributed by atoms with Crippen LogP contribution in [0, 0.1) is 38.2 Å². The minimum Gasteiger partial charge on any atom is -0.310 e. The van der Waals surface area contributed by atoms with Crippen LogP contribution in [0.25, 0.3) is 0 Å². The van der Waals surface area contributed by atoms with E-state index in [0.717, 1.165) is 5.56 Å². The van der Waals surface area contributed by atoms with Crippen molar-refractivity contribution in [2.75, 3.05) is 4.90 Å². The highest BCUT2D eigenvalue weighted by atomic mass is 19.1. The summed E-state index contributed by atoms with van der Waals surface area (Å²) >= 11 is 0. The number of halogens is 3. The molecule has 128 valence electrons. The molecule has 4 heteroatoms.